The highest BCUT2D eigenvalue weighted by Gasteiger charge is 2.16. The van der Waals surface area contributed by atoms with Crippen molar-refractivity contribution in [1.29, 1.82) is 0 Å². The largest absolute Gasteiger partial charge is 0.397 e. The number of benzene rings is 1. The third kappa shape index (κ3) is 2.54. The normalized spacial score (nSPS) is 10.8. The molecule has 2 aromatic heterocycles. The molecular formula is C15H13BrN4O. The second kappa shape index (κ2) is 5.65. The molecule has 0 atom stereocenters. The zero-order valence-electron chi connectivity index (χ0n) is 11.4. The molecule has 0 saturated carbocycles. The number of halogens is 1. The summed E-state index contributed by atoms with van der Waals surface area (Å²) < 4.78 is 6.14. The Balaban J connectivity index is 2.06. The fourth-order valence-corrected chi connectivity index (χ4v) is 2.44. The summed E-state index contributed by atoms with van der Waals surface area (Å²) in [7, 11) is 0. The van der Waals surface area contributed by atoms with E-state index in [-0.39, 0.29) is 0 Å². The summed E-state index contributed by atoms with van der Waals surface area (Å²) in [5, 5.41) is 4.02. The van der Waals surface area contributed by atoms with Gasteiger partial charge < -0.3 is 10.3 Å². The van der Waals surface area contributed by atoms with Gasteiger partial charge in [-0.1, -0.05) is 24.2 Å². The van der Waals surface area contributed by atoms with Gasteiger partial charge in [-0.25, -0.2) is 0 Å². The van der Waals surface area contributed by atoms with Crippen molar-refractivity contribution in [3.8, 4) is 23.0 Å². The van der Waals surface area contributed by atoms with Gasteiger partial charge in [-0.2, -0.15) is 4.98 Å². The van der Waals surface area contributed by atoms with E-state index >= 15 is 0 Å². The van der Waals surface area contributed by atoms with Crippen molar-refractivity contribution in [3.63, 3.8) is 0 Å². The fraction of sp³-hybridized carbons (Fsp3) is 0.133. The summed E-state index contributed by atoms with van der Waals surface area (Å²) in [5.41, 5.74) is 9.12. The second-order valence-electron chi connectivity index (χ2n) is 4.49. The molecule has 0 aliphatic carbocycles. The van der Waals surface area contributed by atoms with Crippen LogP contribution >= 0.6 is 15.9 Å². The Kier molecular flexibility index (Phi) is 3.70. The molecule has 5 nitrogen and oxygen atoms in total. The molecule has 3 aromatic rings. The lowest BCUT2D eigenvalue weighted by molar-refractivity contribution is 0.432. The van der Waals surface area contributed by atoms with Crippen LogP contribution in [0, 0.1) is 0 Å². The molecule has 0 radical (unpaired) electrons. The van der Waals surface area contributed by atoms with Crippen LogP contribution in [0.3, 0.4) is 0 Å². The van der Waals surface area contributed by atoms with Gasteiger partial charge in [0.15, 0.2) is 0 Å². The Morgan fingerprint density at radius 2 is 2.10 bits per heavy atom. The first-order chi connectivity index (χ1) is 10.2. The Bertz CT molecular complexity index is 785. The van der Waals surface area contributed by atoms with E-state index in [2.05, 4.69) is 38.0 Å². The molecule has 1 aromatic carbocycles. The van der Waals surface area contributed by atoms with E-state index in [1.807, 2.05) is 30.3 Å². The highest BCUT2D eigenvalue weighted by Crippen LogP contribution is 2.31. The van der Waals surface area contributed by atoms with E-state index in [0.717, 1.165) is 22.2 Å². The van der Waals surface area contributed by atoms with Gasteiger partial charge in [-0.15, -0.1) is 0 Å². The van der Waals surface area contributed by atoms with Gasteiger partial charge in [0.25, 0.3) is 5.89 Å². The minimum absolute atomic E-state index is 0.386. The number of pyridine rings is 1. The molecule has 6 heteroatoms. The van der Waals surface area contributed by atoms with Crippen molar-refractivity contribution < 1.29 is 4.52 Å². The maximum Gasteiger partial charge on any atom is 0.260 e. The molecule has 0 fully saturated rings. The number of nitrogens with zero attached hydrogens (tertiary/aromatic N) is 3. The molecule has 21 heavy (non-hydrogen) atoms. The number of aryl methyl sites for hydroxylation is 1. The molecule has 0 aliphatic heterocycles. The van der Waals surface area contributed by atoms with Crippen LogP contribution in [0.4, 0.5) is 5.69 Å². The fourth-order valence-electron chi connectivity index (χ4n) is 2.08. The number of para-hydroxylation sites is 1. The van der Waals surface area contributed by atoms with Crippen molar-refractivity contribution in [1.82, 2.24) is 15.1 Å². The van der Waals surface area contributed by atoms with Crippen LogP contribution in [0.15, 0.2) is 45.5 Å². The Morgan fingerprint density at radius 3 is 2.90 bits per heavy atom. The molecule has 0 spiro atoms. The van der Waals surface area contributed by atoms with Gasteiger partial charge in [0.1, 0.15) is 5.69 Å². The number of hydrogen-bond acceptors (Lipinski definition) is 5. The number of anilines is 1. The Hall–Kier alpha value is -2.21. The van der Waals surface area contributed by atoms with E-state index in [9.17, 15) is 0 Å². The van der Waals surface area contributed by atoms with Gasteiger partial charge in [0.05, 0.1) is 11.3 Å². The monoisotopic (exact) mass is 344 g/mol. The van der Waals surface area contributed by atoms with Gasteiger partial charge in [0, 0.05) is 10.7 Å². The van der Waals surface area contributed by atoms with Crippen molar-refractivity contribution in [2.75, 3.05) is 5.73 Å². The molecule has 0 bridgehead atoms. The van der Waals surface area contributed by atoms with Crippen LogP contribution in [0.1, 0.15) is 12.5 Å². The van der Waals surface area contributed by atoms with Crippen LogP contribution in [0.2, 0.25) is 0 Å². The maximum absolute atomic E-state index is 6.03. The van der Waals surface area contributed by atoms with Crippen LogP contribution in [-0.4, -0.2) is 15.1 Å². The maximum atomic E-state index is 6.03. The molecule has 0 saturated heterocycles. The third-order valence-corrected chi connectivity index (χ3v) is 3.88. The SMILES string of the molecule is CCc1cccnc1-c1noc(-c2cccc(Br)c2N)n1. The molecule has 0 unspecified atom stereocenters. The predicted octanol–water partition coefficient (Wildman–Crippen LogP) is 3.71. The van der Waals surface area contributed by atoms with E-state index in [1.54, 1.807) is 6.20 Å². The van der Waals surface area contributed by atoms with E-state index in [1.165, 1.54) is 0 Å². The average molecular weight is 345 g/mol. The van der Waals surface area contributed by atoms with Crippen molar-refractivity contribution >= 4 is 21.6 Å². The lowest BCUT2D eigenvalue weighted by Crippen LogP contribution is -1.93. The minimum Gasteiger partial charge on any atom is -0.397 e. The van der Waals surface area contributed by atoms with Gasteiger partial charge in [-0.3, -0.25) is 4.98 Å². The van der Waals surface area contributed by atoms with Crippen LogP contribution < -0.4 is 5.73 Å². The zero-order valence-corrected chi connectivity index (χ0v) is 13.0. The third-order valence-electron chi connectivity index (χ3n) is 3.19. The number of nitrogens with two attached hydrogens (primary N) is 1. The molecule has 2 N–H and O–H groups in total. The van der Waals surface area contributed by atoms with Gasteiger partial charge >= 0.3 is 0 Å². The first-order valence-corrected chi connectivity index (χ1v) is 7.32. The van der Waals surface area contributed by atoms with E-state index in [4.69, 9.17) is 10.3 Å². The van der Waals surface area contributed by atoms with Crippen molar-refractivity contribution in [2.45, 2.75) is 13.3 Å². The molecule has 0 amide bonds. The van der Waals surface area contributed by atoms with Gasteiger partial charge in [0.2, 0.25) is 5.82 Å². The highest BCUT2D eigenvalue weighted by atomic mass is 79.9. The number of nitrogen functional groups attached to an aromatic ring is 1. The lowest BCUT2D eigenvalue weighted by atomic mass is 10.1. The van der Waals surface area contributed by atoms with Crippen molar-refractivity contribution in [3.05, 3.63) is 46.6 Å². The van der Waals surface area contributed by atoms with Gasteiger partial charge in [-0.05, 0) is 46.1 Å². The Labute approximate surface area is 130 Å². The summed E-state index contributed by atoms with van der Waals surface area (Å²) in [6.07, 6.45) is 2.57. The zero-order chi connectivity index (χ0) is 14.8. The first-order valence-electron chi connectivity index (χ1n) is 6.53. The molecular weight excluding hydrogens is 332 g/mol. The van der Waals surface area contributed by atoms with E-state index < -0.39 is 0 Å². The lowest BCUT2D eigenvalue weighted by Gasteiger charge is -2.02. The number of rotatable bonds is 3. The molecule has 0 aliphatic rings. The summed E-state index contributed by atoms with van der Waals surface area (Å²) in [4.78, 5) is 8.76. The summed E-state index contributed by atoms with van der Waals surface area (Å²) >= 11 is 3.39. The second-order valence-corrected chi connectivity index (χ2v) is 5.34. The molecule has 3 rings (SSSR count). The minimum atomic E-state index is 0.386. The number of hydrogen-bond donors (Lipinski definition) is 1. The molecule has 2 heterocycles. The van der Waals surface area contributed by atoms with Crippen LogP contribution in [-0.2, 0) is 6.42 Å². The first kappa shape index (κ1) is 13.8. The van der Waals surface area contributed by atoms with E-state index in [0.29, 0.717) is 23.0 Å². The van der Waals surface area contributed by atoms with Crippen molar-refractivity contribution in [2.24, 2.45) is 0 Å². The van der Waals surface area contributed by atoms with Crippen LogP contribution in [0.5, 0.6) is 0 Å². The molecule has 106 valence electrons. The highest BCUT2D eigenvalue weighted by molar-refractivity contribution is 9.10. The summed E-state index contributed by atoms with van der Waals surface area (Å²) in [5.74, 6) is 0.860. The summed E-state index contributed by atoms with van der Waals surface area (Å²) in [6.45, 7) is 2.06. The quantitative estimate of drug-likeness (QED) is 0.732. The summed E-state index contributed by atoms with van der Waals surface area (Å²) in [6, 6.07) is 9.49. The standard InChI is InChI=1S/C15H13BrN4O/c1-2-9-5-4-8-18-13(9)14-19-15(21-20-14)10-6-3-7-11(16)12(10)17/h3-8H,2,17H2,1H3. The topological polar surface area (TPSA) is 77.8 Å². The average Bonchev–Trinajstić information content (AvgIpc) is 2.99. The Morgan fingerprint density at radius 1 is 1.24 bits per heavy atom. The predicted molar refractivity (Wildman–Crippen MR) is 84.5 cm³/mol. The number of aromatic nitrogens is 3. The van der Waals surface area contributed by atoms with Crippen LogP contribution in [0.25, 0.3) is 23.0 Å². The smallest absolute Gasteiger partial charge is 0.260 e.